The number of nitrogens with zero attached hydrogens (tertiary/aromatic N) is 4. The first-order chi connectivity index (χ1) is 7.58. The first-order valence-corrected chi connectivity index (χ1v) is 6.15. The van der Waals surface area contributed by atoms with Gasteiger partial charge in [-0.3, -0.25) is 0 Å². The minimum Gasteiger partial charge on any atom is -0.357 e. The van der Waals surface area contributed by atoms with Crippen LogP contribution in [0.5, 0.6) is 0 Å². The third-order valence-electron chi connectivity index (χ3n) is 2.38. The maximum Gasteiger partial charge on any atom is 0.154 e. The van der Waals surface area contributed by atoms with Crippen molar-refractivity contribution in [2.75, 3.05) is 18.5 Å². The fraction of sp³-hybridized carbons (Fsp3) is 0.455. The first kappa shape index (κ1) is 11.4. The lowest BCUT2D eigenvalue weighted by Crippen LogP contribution is -2.25. The summed E-state index contributed by atoms with van der Waals surface area (Å²) in [5, 5.41) is 4.37. The summed E-state index contributed by atoms with van der Waals surface area (Å²) in [6.45, 7) is 5.03. The van der Waals surface area contributed by atoms with Crippen LogP contribution in [0.25, 0.3) is 5.52 Å². The Labute approximate surface area is 103 Å². The van der Waals surface area contributed by atoms with Gasteiger partial charge in [0.15, 0.2) is 5.82 Å². The summed E-state index contributed by atoms with van der Waals surface area (Å²) in [5.41, 5.74) is 2.06. The van der Waals surface area contributed by atoms with Crippen LogP contribution >= 0.6 is 15.9 Å². The lowest BCUT2D eigenvalue weighted by Gasteiger charge is -2.19. The summed E-state index contributed by atoms with van der Waals surface area (Å²) < 4.78 is 1.87. The van der Waals surface area contributed by atoms with Gasteiger partial charge < -0.3 is 4.90 Å². The van der Waals surface area contributed by atoms with E-state index in [9.17, 15) is 0 Å². The summed E-state index contributed by atoms with van der Waals surface area (Å²) in [6.07, 6.45) is 3.65. The molecule has 0 aliphatic carbocycles. The quantitative estimate of drug-likeness (QED) is 0.810. The third kappa shape index (κ3) is 2.19. The lowest BCUT2D eigenvalue weighted by atomic mass is 10.3. The highest BCUT2D eigenvalue weighted by Crippen LogP contribution is 2.19. The molecule has 5 heteroatoms. The fourth-order valence-corrected chi connectivity index (χ4v) is 2.22. The predicted octanol–water partition coefficient (Wildman–Crippen LogP) is 2.26. The molecule has 0 fully saturated rings. The Kier molecular flexibility index (Phi) is 3.14. The van der Waals surface area contributed by atoms with Gasteiger partial charge in [-0.1, -0.05) is 22.9 Å². The Balaban J connectivity index is 2.43. The second-order valence-corrected chi connectivity index (χ2v) is 5.59. The highest BCUT2D eigenvalue weighted by atomic mass is 79.9. The molecule has 1 atom stereocenters. The van der Waals surface area contributed by atoms with Crippen LogP contribution in [0.3, 0.4) is 0 Å². The highest BCUT2D eigenvalue weighted by molar-refractivity contribution is 9.09. The second kappa shape index (κ2) is 4.41. The molecule has 4 nitrogen and oxygen atoms in total. The highest BCUT2D eigenvalue weighted by Gasteiger charge is 2.11. The molecular formula is C11H15BrN4. The van der Waals surface area contributed by atoms with E-state index in [2.05, 4.69) is 43.9 Å². The Bertz CT molecular complexity index is 492. The summed E-state index contributed by atoms with van der Waals surface area (Å²) in [4.78, 5) is 6.99. The number of aromatic nitrogens is 3. The van der Waals surface area contributed by atoms with Gasteiger partial charge in [0.05, 0.1) is 5.69 Å². The van der Waals surface area contributed by atoms with E-state index >= 15 is 0 Å². The molecule has 0 saturated heterocycles. The minimum atomic E-state index is 0.434. The molecule has 0 radical (unpaired) electrons. The van der Waals surface area contributed by atoms with E-state index < -0.39 is 0 Å². The van der Waals surface area contributed by atoms with E-state index in [1.54, 1.807) is 6.20 Å². The van der Waals surface area contributed by atoms with Crippen molar-refractivity contribution < 1.29 is 0 Å². The van der Waals surface area contributed by atoms with E-state index in [0.29, 0.717) is 4.83 Å². The largest absolute Gasteiger partial charge is 0.357 e. The maximum absolute atomic E-state index is 4.42. The standard InChI is InChI=1S/C11H15BrN4/c1-8(12)7-15(3)11-10-6-9(2)14-16(10)5-4-13-11/h4-6,8H,7H2,1-3H3. The van der Waals surface area contributed by atoms with Crippen LogP contribution < -0.4 is 4.90 Å². The van der Waals surface area contributed by atoms with Crippen LogP contribution in [0.1, 0.15) is 12.6 Å². The number of aryl methyl sites for hydroxylation is 1. The lowest BCUT2D eigenvalue weighted by molar-refractivity contribution is 0.848. The topological polar surface area (TPSA) is 33.4 Å². The molecular weight excluding hydrogens is 268 g/mol. The molecule has 0 N–H and O–H groups in total. The number of hydrogen-bond acceptors (Lipinski definition) is 3. The number of alkyl halides is 1. The van der Waals surface area contributed by atoms with Gasteiger partial charge in [0.1, 0.15) is 5.52 Å². The molecule has 2 rings (SSSR count). The Hall–Kier alpha value is -1.10. The summed E-state index contributed by atoms with van der Waals surface area (Å²) in [7, 11) is 2.04. The van der Waals surface area contributed by atoms with Crippen molar-refractivity contribution in [3.63, 3.8) is 0 Å². The Morgan fingerprint density at radius 2 is 2.31 bits per heavy atom. The van der Waals surface area contributed by atoms with Crippen LogP contribution in [0, 0.1) is 6.92 Å². The van der Waals surface area contributed by atoms with Crippen LogP contribution in [-0.4, -0.2) is 33.0 Å². The molecule has 0 bridgehead atoms. The number of hydrogen-bond donors (Lipinski definition) is 0. The molecule has 0 amide bonds. The van der Waals surface area contributed by atoms with Crippen molar-refractivity contribution in [2.45, 2.75) is 18.7 Å². The minimum absolute atomic E-state index is 0.434. The van der Waals surface area contributed by atoms with Crippen molar-refractivity contribution in [1.29, 1.82) is 0 Å². The number of anilines is 1. The zero-order valence-corrected chi connectivity index (χ0v) is 11.3. The SMILES string of the molecule is Cc1cc2c(N(C)CC(C)Br)nccn2n1. The van der Waals surface area contributed by atoms with Crippen molar-refractivity contribution in [1.82, 2.24) is 14.6 Å². The van der Waals surface area contributed by atoms with E-state index in [4.69, 9.17) is 0 Å². The van der Waals surface area contributed by atoms with Crippen molar-refractivity contribution in [2.24, 2.45) is 0 Å². The molecule has 2 aromatic rings. The van der Waals surface area contributed by atoms with E-state index in [-0.39, 0.29) is 0 Å². The van der Waals surface area contributed by atoms with Gasteiger partial charge in [-0.15, -0.1) is 0 Å². The molecule has 0 aliphatic rings. The third-order valence-corrected chi connectivity index (χ3v) is 2.67. The van der Waals surface area contributed by atoms with Crippen LogP contribution in [0.4, 0.5) is 5.82 Å². The number of fused-ring (bicyclic) bond motifs is 1. The molecule has 0 saturated carbocycles. The Morgan fingerprint density at radius 3 is 3.00 bits per heavy atom. The summed E-state index contributed by atoms with van der Waals surface area (Å²) in [5.74, 6) is 0.967. The smallest absolute Gasteiger partial charge is 0.154 e. The molecule has 2 aromatic heterocycles. The fourth-order valence-electron chi connectivity index (χ4n) is 1.79. The first-order valence-electron chi connectivity index (χ1n) is 5.24. The molecule has 86 valence electrons. The Morgan fingerprint density at radius 1 is 1.56 bits per heavy atom. The van der Waals surface area contributed by atoms with Gasteiger partial charge in [-0.05, 0) is 13.0 Å². The zero-order chi connectivity index (χ0) is 11.7. The van der Waals surface area contributed by atoms with E-state index in [0.717, 1.165) is 23.6 Å². The van der Waals surface area contributed by atoms with Crippen molar-refractivity contribution >= 4 is 27.3 Å². The van der Waals surface area contributed by atoms with Gasteiger partial charge in [-0.2, -0.15) is 5.10 Å². The van der Waals surface area contributed by atoms with E-state index in [1.165, 1.54) is 0 Å². The van der Waals surface area contributed by atoms with Gasteiger partial charge in [0.25, 0.3) is 0 Å². The molecule has 0 spiro atoms. The normalized spacial score (nSPS) is 13.0. The molecule has 0 aliphatic heterocycles. The van der Waals surface area contributed by atoms with Gasteiger partial charge in [0, 0.05) is 30.8 Å². The second-order valence-electron chi connectivity index (χ2n) is 4.03. The average Bonchev–Trinajstić information content (AvgIpc) is 2.55. The van der Waals surface area contributed by atoms with Gasteiger partial charge in [0.2, 0.25) is 0 Å². The number of halogens is 1. The average molecular weight is 283 g/mol. The maximum atomic E-state index is 4.42. The van der Waals surface area contributed by atoms with Crippen molar-refractivity contribution in [3.8, 4) is 0 Å². The van der Waals surface area contributed by atoms with Crippen LogP contribution in [0.2, 0.25) is 0 Å². The van der Waals surface area contributed by atoms with Crippen LogP contribution in [0.15, 0.2) is 18.5 Å². The molecule has 1 unspecified atom stereocenters. The van der Waals surface area contributed by atoms with E-state index in [1.807, 2.05) is 24.7 Å². The molecule has 2 heterocycles. The predicted molar refractivity (Wildman–Crippen MR) is 69.4 cm³/mol. The van der Waals surface area contributed by atoms with Crippen molar-refractivity contribution in [3.05, 3.63) is 24.2 Å². The molecule has 0 aromatic carbocycles. The zero-order valence-electron chi connectivity index (χ0n) is 9.68. The monoisotopic (exact) mass is 282 g/mol. The summed E-state index contributed by atoms with van der Waals surface area (Å²) in [6, 6.07) is 2.05. The van der Waals surface area contributed by atoms with Gasteiger partial charge in [-0.25, -0.2) is 9.50 Å². The van der Waals surface area contributed by atoms with Crippen LogP contribution in [-0.2, 0) is 0 Å². The number of rotatable bonds is 3. The molecule has 16 heavy (non-hydrogen) atoms. The summed E-state index contributed by atoms with van der Waals surface area (Å²) >= 11 is 3.55. The van der Waals surface area contributed by atoms with Gasteiger partial charge >= 0.3 is 0 Å².